The largest absolute Gasteiger partial charge is 0.495 e. The smallest absolute Gasteiger partial charge is 0.191 e. The second kappa shape index (κ2) is 7.35. The summed E-state index contributed by atoms with van der Waals surface area (Å²) in [5, 5.41) is 7.29. The van der Waals surface area contributed by atoms with Crippen molar-refractivity contribution in [3.63, 3.8) is 0 Å². The molecule has 108 valence electrons. The van der Waals surface area contributed by atoms with E-state index in [9.17, 15) is 4.39 Å². The Morgan fingerprint density at radius 1 is 1.19 bits per heavy atom. The van der Waals surface area contributed by atoms with Crippen LogP contribution in [-0.4, -0.2) is 18.4 Å². The van der Waals surface area contributed by atoms with Gasteiger partial charge in [0.15, 0.2) is 5.11 Å². The highest BCUT2D eigenvalue weighted by Crippen LogP contribution is 2.22. The fourth-order valence-electron chi connectivity index (χ4n) is 1.61. The molecule has 0 spiro atoms. The summed E-state index contributed by atoms with van der Waals surface area (Å²) < 4.78 is 18.0. The lowest BCUT2D eigenvalue weighted by Crippen LogP contribution is -2.24. The number of anilines is 1. The molecule has 0 fully saturated rings. The van der Waals surface area contributed by atoms with Crippen molar-refractivity contribution in [2.75, 3.05) is 12.4 Å². The number of nitrogens with zero attached hydrogens (tertiary/aromatic N) is 1. The molecule has 0 heterocycles. The van der Waals surface area contributed by atoms with Gasteiger partial charge in [-0.25, -0.2) is 4.39 Å². The number of thiocarbonyl (C=S) groups is 1. The standard InChI is InChI=1S/C15H14FN3OS/c1-20-14-5-3-2-4-13(14)18-15(21)19-17-10-11-6-8-12(16)9-7-11/h2-10H,1H3,(H2,18,19,21). The lowest BCUT2D eigenvalue weighted by Gasteiger charge is -2.10. The summed E-state index contributed by atoms with van der Waals surface area (Å²) in [4.78, 5) is 0. The van der Waals surface area contributed by atoms with Gasteiger partial charge in [0, 0.05) is 0 Å². The van der Waals surface area contributed by atoms with Gasteiger partial charge in [0.1, 0.15) is 11.6 Å². The normalized spacial score (nSPS) is 10.4. The summed E-state index contributed by atoms with van der Waals surface area (Å²) in [6, 6.07) is 13.4. The average Bonchev–Trinajstić information content (AvgIpc) is 2.50. The lowest BCUT2D eigenvalue weighted by molar-refractivity contribution is 0.417. The number of rotatable bonds is 4. The molecule has 0 radical (unpaired) electrons. The molecule has 0 aliphatic rings. The number of ether oxygens (including phenoxy) is 1. The number of halogens is 1. The number of nitrogens with one attached hydrogen (secondary N) is 2. The maximum absolute atomic E-state index is 12.7. The van der Waals surface area contributed by atoms with Gasteiger partial charge in [0.2, 0.25) is 0 Å². The van der Waals surface area contributed by atoms with E-state index in [-0.39, 0.29) is 5.82 Å². The minimum Gasteiger partial charge on any atom is -0.495 e. The lowest BCUT2D eigenvalue weighted by atomic mass is 10.2. The van der Waals surface area contributed by atoms with Crippen molar-refractivity contribution in [3.8, 4) is 5.75 Å². The Labute approximate surface area is 127 Å². The van der Waals surface area contributed by atoms with Crippen molar-refractivity contribution in [3.05, 3.63) is 59.9 Å². The molecule has 0 aromatic heterocycles. The third-order valence-corrected chi connectivity index (χ3v) is 2.80. The summed E-state index contributed by atoms with van der Waals surface area (Å²) in [5.41, 5.74) is 4.20. The first-order valence-corrected chi connectivity index (χ1v) is 6.58. The SMILES string of the molecule is COc1ccccc1NC(=S)NN=Cc1ccc(F)cc1. The molecule has 6 heteroatoms. The van der Waals surface area contributed by atoms with E-state index in [2.05, 4.69) is 15.8 Å². The fourth-order valence-corrected chi connectivity index (χ4v) is 1.78. The van der Waals surface area contributed by atoms with Crippen LogP contribution in [-0.2, 0) is 0 Å². The molecule has 0 aliphatic carbocycles. The highest BCUT2D eigenvalue weighted by molar-refractivity contribution is 7.80. The highest BCUT2D eigenvalue weighted by Gasteiger charge is 2.02. The van der Waals surface area contributed by atoms with E-state index in [0.29, 0.717) is 10.9 Å². The van der Waals surface area contributed by atoms with E-state index in [4.69, 9.17) is 17.0 Å². The fraction of sp³-hybridized carbons (Fsp3) is 0.0667. The van der Waals surface area contributed by atoms with Crippen LogP contribution in [0.1, 0.15) is 5.56 Å². The summed E-state index contributed by atoms with van der Waals surface area (Å²) in [5.74, 6) is 0.401. The van der Waals surface area contributed by atoms with Gasteiger partial charge in [0.05, 0.1) is 19.0 Å². The highest BCUT2D eigenvalue weighted by atomic mass is 32.1. The Bertz CT molecular complexity index is 644. The van der Waals surface area contributed by atoms with Crippen LogP contribution in [0.4, 0.5) is 10.1 Å². The second-order valence-electron chi connectivity index (χ2n) is 4.08. The van der Waals surface area contributed by atoms with Crippen LogP contribution in [0.5, 0.6) is 5.75 Å². The monoisotopic (exact) mass is 303 g/mol. The number of hydrogen-bond acceptors (Lipinski definition) is 3. The van der Waals surface area contributed by atoms with Crippen molar-refractivity contribution in [2.45, 2.75) is 0 Å². The number of methoxy groups -OCH3 is 1. The maximum atomic E-state index is 12.7. The molecule has 21 heavy (non-hydrogen) atoms. The van der Waals surface area contributed by atoms with Crippen molar-refractivity contribution in [2.24, 2.45) is 5.10 Å². The molecule has 0 bridgehead atoms. The van der Waals surface area contributed by atoms with Gasteiger partial charge in [-0.3, -0.25) is 5.43 Å². The zero-order valence-corrected chi connectivity index (χ0v) is 12.2. The van der Waals surface area contributed by atoms with Crippen LogP contribution in [0.2, 0.25) is 0 Å². The van der Waals surface area contributed by atoms with Gasteiger partial charge in [0.25, 0.3) is 0 Å². The third kappa shape index (κ3) is 4.54. The molecule has 0 unspecified atom stereocenters. The molecule has 0 aliphatic heterocycles. The molecule has 2 aromatic carbocycles. The van der Waals surface area contributed by atoms with E-state index < -0.39 is 0 Å². The van der Waals surface area contributed by atoms with Crippen LogP contribution in [0.15, 0.2) is 53.6 Å². The number of benzene rings is 2. The molecular formula is C15H14FN3OS. The van der Waals surface area contributed by atoms with Crippen LogP contribution in [0, 0.1) is 5.82 Å². The van der Waals surface area contributed by atoms with Gasteiger partial charge in [-0.15, -0.1) is 0 Å². The van der Waals surface area contributed by atoms with Crippen molar-refractivity contribution < 1.29 is 9.13 Å². The summed E-state index contributed by atoms with van der Waals surface area (Å²) >= 11 is 5.13. The van der Waals surface area contributed by atoms with Gasteiger partial charge >= 0.3 is 0 Å². The van der Waals surface area contributed by atoms with E-state index >= 15 is 0 Å². The number of para-hydroxylation sites is 2. The first-order chi connectivity index (χ1) is 10.2. The predicted octanol–water partition coefficient (Wildman–Crippen LogP) is 3.15. The Hall–Kier alpha value is -2.47. The van der Waals surface area contributed by atoms with Crippen molar-refractivity contribution in [1.29, 1.82) is 0 Å². The number of hydrogen-bond donors (Lipinski definition) is 2. The molecular weight excluding hydrogens is 289 g/mol. The topological polar surface area (TPSA) is 45.6 Å². The average molecular weight is 303 g/mol. The Morgan fingerprint density at radius 2 is 1.90 bits per heavy atom. The molecule has 0 amide bonds. The van der Waals surface area contributed by atoms with Gasteiger partial charge < -0.3 is 10.1 Å². The van der Waals surface area contributed by atoms with E-state index in [1.54, 1.807) is 25.5 Å². The molecule has 0 saturated heterocycles. The minimum atomic E-state index is -0.284. The quantitative estimate of drug-likeness (QED) is 0.517. The maximum Gasteiger partial charge on any atom is 0.191 e. The molecule has 2 aromatic rings. The molecule has 4 nitrogen and oxygen atoms in total. The first-order valence-electron chi connectivity index (χ1n) is 6.17. The molecule has 2 rings (SSSR count). The summed E-state index contributed by atoms with van der Waals surface area (Å²) in [7, 11) is 1.59. The van der Waals surface area contributed by atoms with Crippen LogP contribution < -0.4 is 15.5 Å². The van der Waals surface area contributed by atoms with Gasteiger partial charge in [-0.1, -0.05) is 24.3 Å². The van der Waals surface area contributed by atoms with Gasteiger partial charge in [-0.05, 0) is 42.0 Å². The van der Waals surface area contributed by atoms with Gasteiger partial charge in [-0.2, -0.15) is 5.10 Å². The second-order valence-corrected chi connectivity index (χ2v) is 4.48. The Balaban J connectivity index is 1.91. The minimum absolute atomic E-state index is 0.284. The summed E-state index contributed by atoms with van der Waals surface area (Å²) in [6.45, 7) is 0. The Kier molecular flexibility index (Phi) is 5.22. The van der Waals surface area contributed by atoms with Crippen LogP contribution in [0.25, 0.3) is 0 Å². The third-order valence-electron chi connectivity index (χ3n) is 2.60. The predicted molar refractivity (Wildman–Crippen MR) is 86.3 cm³/mol. The molecule has 2 N–H and O–H groups in total. The van der Waals surface area contributed by atoms with Crippen molar-refractivity contribution >= 4 is 29.2 Å². The zero-order valence-electron chi connectivity index (χ0n) is 11.3. The molecule has 0 atom stereocenters. The van der Waals surface area contributed by atoms with E-state index in [0.717, 1.165) is 11.3 Å². The summed E-state index contributed by atoms with van der Waals surface area (Å²) in [6.07, 6.45) is 1.55. The van der Waals surface area contributed by atoms with E-state index in [1.165, 1.54) is 12.1 Å². The van der Waals surface area contributed by atoms with Crippen LogP contribution in [0.3, 0.4) is 0 Å². The van der Waals surface area contributed by atoms with Crippen molar-refractivity contribution in [1.82, 2.24) is 5.43 Å². The molecule has 0 saturated carbocycles. The Morgan fingerprint density at radius 3 is 2.62 bits per heavy atom. The van der Waals surface area contributed by atoms with Crippen LogP contribution >= 0.6 is 12.2 Å². The first kappa shape index (κ1) is 14.9. The van der Waals surface area contributed by atoms with E-state index in [1.807, 2.05) is 24.3 Å². The number of hydrazone groups is 1. The zero-order chi connectivity index (χ0) is 15.1.